The maximum absolute atomic E-state index is 12.7. The van der Waals surface area contributed by atoms with Crippen LogP contribution >= 0.6 is 0 Å². The zero-order chi connectivity index (χ0) is 10.8. The van der Waals surface area contributed by atoms with Crippen molar-refractivity contribution in [1.82, 2.24) is 0 Å². The highest BCUT2D eigenvalue weighted by Crippen LogP contribution is 2.19. The summed E-state index contributed by atoms with van der Waals surface area (Å²) in [6, 6.07) is 4.12. The molecule has 1 aromatic rings. The van der Waals surface area contributed by atoms with Crippen LogP contribution in [0.3, 0.4) is 0 Å². The molecule has 0 unspecified atom stereocenters. The Morgan fingerprint density at radius 1 is 1.50 bits per heavy atom. The van der Waals surface area contributed by atoms with E-state index in [0.29, 0.717) is 17.9 Å². The van der Waals surface area contributed by atoms with Crippen LogP contribution in [-0.2, 0) is 0 Å². The number of hydrogen-bond donors (Lipinski definition) is 3. The summed E-state index contributed by atoms with van der Waals surface area (Å²) in [5.74, 6) is -0.365. The van der Waals surface area contributed by atoms with Gasteiger partial charge in [0.25, 0.3) is 0 Å². The minimum atomic E-state index is -0.819. The van der Waals surface area contributed by atoms with E-state index in [1.807, 2.05) is 0 Å². The highest BCUT2D eigenvalue weighted by molar-refractivity contribution is 5.65. The molecule has 0 aliphatic carbocycles. The largest absolute Gasteiger partial charge is 0.397 e. The van der Waals surface area contributed by atoms with Crippen molar-refractivity contribution in [1.29, 1.82) is 0 Å². The molecule has 0 radical (unpaired) electrons. The minimum absolute atomic E-state index is 0.342. The minimum Gasteiger partial charge on any atom is -0.397 e. The third-order valence-corrected chi connectivity index (χ3v) is 1.73. The summed E-state index contributed by atoms with van der Waals surface area (Å²) < 4.78 is 12.7. The second kappa shape index (κ2) is 3.84. The summed E-state index contributed by atoms with van der Waals surface area (Å²) in [4.78, 5) is 0. The Kier molecular flexibility index (Phi) is 2.96. The Hall–Kier alpha value is -1.29. The first kappa shape index (κ1) is 10.8. The number of benzene rings is 1. The fraction of sp³-hybridized carbons (Fsp3) is 0.400. The maximum atomic E-state index is 12.7. The van der Waals surface area contributed by atoms with Crippen LogP contribution in [0.15, 0.2) is 18.2 Å². The number of aliphatic hydroxyl groups is 1. The van der Waals surface area contributed by atoms with E-state index in [-0.39, 0.29) is 5.82 Å². The van der Waals surface area contributed by atoms with Crippen LogP contribution in [0, 0.1) is 5.82 Å². The molecule has 3 nitrogen and oxygen atoms in total. The lowest BCUT2D eigenvalue weighted by Crippen LogP contribution is -2.29. The van der Waals surface area contributed by atoms with Crippen molar-refractivity contribution in [3.63, 3.8) is 0 Å². The van der Waals surface area contributed by atoms with E-state index in [1.165, 1.54) is 12.1 Å². The number of halogens is 1. The lowest BCUT2D eigenvalue weighted by Gasteiger charge is -2.19. The first-order chi connectivity index (χ1) is 6.38. The maximum Gasteiger partial charge on any atom is 0.125 e. The molecular weight excluding hydrogens is 183 g/mol. The zero-order valence-electron chi connectivity index (χ0n) is 8.34. The molecule has 4 N–H and O–H groups in total. The fourth-order valence-electron chi connectivity index (χ4n) is 1.01. The van der Waals surface area contributed by atoms with Gasteiger partial charge >= 0.3 is 0 Å². The van der Waals surface area contributed by atoms with E-state index in [9.17, 15) is 9.50 Å². The number of nitrogens with one attached hydrogen (secondary N) is 1. The van der Waals surface area contributed by atoms with Crippen LogP contribution in [0.4, 0.5) is 15.8 Å². The quantitative estimate of drug-likeness (QED) is 0.646. The molecule has 0 saturated carbocycles. The molecule has 0 spiro atoms. The van der Waals surface area contributed by atoms with E-state index < -0.39 is 5.60 Å². The normalized spacial score (nSPS) is 11.4. The molecule has 0 fully saturated rings. The molecule has 4 heteroatoms. The van der Waals surface area contributed by atoms with Gasteiger partial charge in [-0.25, -0.2) is 4.39 Å². The third-order valence-electron chi connectivity index (χ3n) is 1.73. The van der Waals surface area contributed by atoms with E-state index >= 15 is 0 Å². The van der Waals surface area contributed by atoms with Gasteiger partial charge in [0.2, 0.25) is 0 Å². The summed E-state index contributed by atoms with van der Waals surface area (Å²) in [6.45, 7) is 3.72. The summed E-state index contributed by atoms with van der Waals surface area (Å²) in [7, 11) is 0. The molecule has 78 valence electrons. The Balaban J connectivity index is 2.68. The number of rotatable bonds is 3. The summed E-state index contributed by atoms with van der Waals surface area (Å²) in [5.41, 5.74) is 5.72. The van der Waals surface area contributed by atoms with Crippen molar-refractivity contribution in [2.75, 3.05) is 17.6 Å². The van der Waals surface area contributed by atoms with Crippen LogP contribution < -0.4 is 11.1 Å². The Morgan fingerprint density at radius 3 is 2.64 bits per heavy atom. The summed E-state index contributed by atoms with van der Waals surface area (Å²) in [6.07, 6.45) is 0. The van der Waals surface area contributed by atoms with E-state index in [0.717, 1.165) is 0 Å². The molecule has 0 saturated heterocycles. The molecule has 0 aliphatic rings. The van der Waals surface area contributed by atoms with Crippen molar-refractivity contribution < 1.29 is 9.50 Å². The first-order valence-corrected chi connectivity index (χ1v) is 4.40. The second-order valence-electron chi connectivity index (χ2n) is 3.90. The van der Waals surface area contributed by atoms with Gasteiger partial charge in [-0.05, 0) is 32.0 Å². The molecule has 14 heavy (non-hydrogen) atoms. The Morgan fingerprint density at radius 2 is 2.14 bits per heavy atom. The van der Waals surface area contributed by atoms with Gasteiger partial charge in [-0.15, -0.1) is 0 Å². The van der Waals surface area contributed by atoms with E-state index in [2.05, 4.69) is 5.32 Å². The number of nitrogen functional groups attached to an aromatic ring is 1. The molecular formula is C10H15FN2O. The van der Waals surface area contributed by atoms with Crippen molar-refractivity contribution in [2.45, 2.75) is 19.4 Å². The smallest absolute Gasteiger partial charge is 0.125 e. The SMILES string of the molecule is CC(C)(O)CNc1ccc(F)cc1N. The van der Waals surface area contributed by atoms with Crippen LogP contribution in [0.1, 0.15) is 13.8 Å². The molecule has 0 aliphatic heterocycles. The topological polar surface area (TPSA) is 58.3 Å². The molecule has 0 heterocycles. The molecule has 1 aromatic carbocycles. The van der Waals surface area contributed by atoms with Crippen molar-refractivity contribution in [2.24, 2.45) is 0 Å². The zero-order valence-corrected chi connectivity index (χ0v) is 8.34. The second-order valence-corrected chi connectivity index (χ2v) is 3.90. The molecule has 0 bridgehead atoms. The predicted molar refractivity (Wildman–Crippen MR) is 55.6 cm³/mol. The number of hydrogen-bond acceptors (Lipinski definition) is 3. The van der Waals surface area contributed by atoms with Gasteiger partial charge in [-0.2, -0.15) is 0 Å². The summed E-state index contributed by atoms with van der Waals surface area (Å²) in [5, 5.41) is 12.4. The molecule has 0 atom stereocenters. The van der Waals surface area contributed by atoms with Crippen molar-refractivity contribution >= 4 is 11.4 Å². The first-order valence-electron chi connectivity index (χ1n) is 4.40. The van der Waals surface area contributed by atoms with Crippen LogP contribution in [0.25, 0.3) is 0 Å². The monoisotopic (exact) mass is 198 g/mol. The van der Waals surface area contributed by atoms with E-state index in [1.54, 1.807) is 19.9 Å². The predicted octanol–water partition coefficient (Wildman–Crippen LogP) is 1.59. The third kappa shape index (κ3) is 3.22. The van der Waals surface area contributed by atoms with Gasteiger partial charge in [0.1, 0.15) is 5.82 Å². The van der Waals surface area contributed by atoms with Crippen LogP contribution in [-0.4, -0.2) is 17.3 Å². The number of anilines is 2. The van der Waals surface area contributed by atoms with Gasteiger partial charge in [0, 0.05) is 6.54 Å². The molecule has 0 amide bonds. The van der Waals surface area contributed by atoms with Crippen LogP contribution in [0.2, 0.25) is 0 Å². The van der Waals surface area contributed by atoms with E-state index in [4.69, 9.17) is 5.73 Å². The van der Waals surface area contributed by atoms with Crippen molar-refractivity contribution in [3.05, 3.63) is 24.0 Å². The lowest BCUT2D eigenvalue weighted by molar-refractivity contribution is 0.0945. The van der Waals surface area contributed by atoms with Gasteiger partial charge in [0.05, 0.1) is 17.0 Å². The molecule has 1 rings (SSSR count). The highest BCUT2D eigenvalue weighted by atomic mass is 19.1. The van der Waals surface area contributed by atoms with Crippen molar-refractivity contribution in [3.8, 4) is 0 Å². The standard InChI is InChI=1S/C10H15FN2O/c1-10(2,14)6-13-9-4-3-7(11)5-8(9)12/h3-5,13-14H,6,12H2,1-2H3. The van der Waals surface area contributed by atoms with Gasteiger partial charge in [-0.1, -0.05) is 0 Å². The Bertz CT molecular complexity index is 320. The lowest BCUT2D eigenvalue weighted by atomic mass is 10.1. The van der Waals surface area contributed by atoms with Gasteiger partial charge in [-0.3, -0.25) is 0 Å². The fourth-order valence-corrected chi connectivity index (χ4v) is 1.01. The average Bonchev–Trinajstić information content (AvgIpc) is 2.00. The Labute approximate surface area is 82.7 Å². The van der Waals surface area contributed by atoms with Gasteiger partial charge < -0.3 is 16.2 Å². The van der Waals surface area contributed by atoms with Crippen LogP contribution in [0.5, 0.6) is 0 Å². The highest BCUT2D eigenvalue weighted by Gasteiger charge is 2.12. The number of nitrogens with two attached hydrogens (primary N) is 1. The average molecular weight is 198 g/mol. The summed E-state index contributed by atoms with van der Waals surface area (Å²) >= 11 is 0. The van der Waals surface area contributed by atoms with Gasteiger partial charge in [0.15, 0.2) is 0 Å². The molecule has 0 aromatic heterocycles.